The second kappa shape index (κ2) is 4.61. The van der Waals surface area contributed by atoms with Gasteiger partial charge >= 0.3 is 12.3 Å². The normalized spacial score (nSPS) is 11.1. The molecule has 0 saturated carbocycles. The topological polar surface area (TPSA) is 35.5 Å². The summed E-state index contributed by atoms with van der Waals surface area (Å²) in [6.07, 6.45) is -4.90. The Bertz CT molecular complexity index is 403. The quantitative estimate of drug-likeness (QED) is 0.761. The van der Waals surface area contributed by atoms with Gasteiger partial charge in [-0.2, -0.15) is 0 Å². The lowest BCUT2D eigenvalue weighted by atomic mass is 10.2. The van der Waals surface area contributed by atoms with Crippen LogP contribution in [0.25, 0.3) is 0 Å². The van der Waals surface area contributed by atoms with Crippen LogP contribution in [0.2, 0.25) is 5.02 Å². The van der Waals surface area contributed by atoms with Crippen molar-refractivity contribution < 1.29 is 27.4 Å². The lowest BCUT2D eigenvalue weighted by Crippen LogP contribution is -2.19. The maximum atomic E-state index is 12.0. The summed E-state index contributed by atoms with van der Waals surface area (Å²) in [5, 5.41) is -0.173. The first-order valence-corrected chi connectivity index (χ1v) is 4.35. The summed E-state index contributed by atoms with van der Waals surface area (Å²) in [4.78, 5) is 11.2. The molecule has 0 N–H and O–H groups in total. The van der Waals surface area contributed by atoms with Crippen LogP contribution < -0.4 is 4.74 Å². The van der Waals surface area contributed by atoms with Crippen molar-refractivity contribution in [3.05, 3.63) is 28.8 Å². The number of carbonyl (C=O) groups excluding carboxylic acids is 1. The minimum Gasteiger partial charge on any atom is -0.465 e. The van der Waals surface area contributed by atoms with Crippen LogP contribution in [0.15, 0.2) is 18.2 Å². The van der Waals surface area contributed by atoms with E-state index in [0.29, 0.717) is 0 Å². The maximum absolute atomic E-state index is 12.0. The number of halogens is 4. The highest BCUT2D eigenvalue weighted by molar-refractivity contribution is 6.34. The minimum absolute atomic E-state index is 0.173. The van der Waals surface area contributed by atoms with Gasteiger partial charge in [0.15, 0.2) is 0 Å². The molecule has 88 valence electrons. The van der Waals surface area contributed by atoms with Gasteiger partial charge in [0.1, 0.15) is 11.3 Å². The van der Waals surface area contributed by atoms with Crippen LogP contribution in [0.4, 0.5) is 13.2 Å². The van der Waals surface area contributed by atoms with E-state index in [1.165, 1.54) is 12.1 Å². The Morgan fingerprint density at radius 1 is 1.38 bits per heavy atom. The third-order valence-electron chi connectivity index (χ3n) is 1.59. The first kappa shape index (κ1) is 12.6. The standard InChI is InChI=1S/C9H6ClF3O3/c1-15-8(14)7-5(10)3-2-4-6(7)16-9(11,12)13/h2-4H,1H3. The summed E-state index contributed by atoms with van der Waals surface area (Å²) in [5.74, 6) is -1.68. The molecule has 0 aromatic heterocycles. The van der Waals surface area contributed by atoms with E-state index < -0.39 is 23.6 Å². The molecule has 0 spiro atoms. The summed E-state index contributed by atoms with van der Waals surface area (Å²) in [6, 6.07) is 3.47. The van der Waals surface area contributed by atoms with Gasteiger partial charge in [-0.1, -0.05) is 17.7 Å². The van der Waals surface area contributed by atoms with Crippen LogP contribution in [0.1, 0.15) is 10.4 Å². The molecule has 1 rings (SSSR count). The van der Waals surface area contributed by atoms with E-state index in [0.717, 1.165) is 13.2 Å². The summed E-state index contributed by atoms with van der Waals surface area (Å²) < 4.78 is 44.0. The average Bonchev–Trinajstić information content (AvgIpc) is 2.14. The Balaban J connectivity index is 3.18. The molecule has 0 aliphatic heterocycles. The number of hydrogen-bond acceptors (Lipinski definition) is 3. The van der Waals surface area contributed by atoms with Crippen molar-refractivity contribution in [2.24, 2.45) is 0 Å². The molecule has 0 aliphatic carbocycles. The van der Waals surface area contributed by atoms with Crippen molar-refractivity contribution in [3.8, 4) is 5.75 Å². The summed E-state index contributed by atoms with van der Waals surface area (Å²) in [5.41, 5.74) is -0.455. The van der Waals surface area contributed by atoms with Crippen LogP contribution in [0, 0.1) is 0 Å². The minimum atomic E-state index is -4.90. The Labute approximate surface area is 93.7 Å². The second-order valence-corrected chi connectivity index (χ2v) is 3.06. The monoisotopic (exact) mass is 254 g/mol. The van der Waals surface area contributed by atoms with Crippen LogP contribution >= 0.6 is 11.6 Å². The van der Waals surface area contributed by atoms with E-state index in [9.17, 15) is 18.0 Å². The van der Waals surface area contributed by atoms with Gasteiger partial charge in [-0.3, -0.25) is 0 Å². The maximum Gasteiger partial charge on any atom is 0.573 e. The number of benzene rings is 1. The van der Waals surface area contributed by atoms with Crippen molar-refractivity contribution in [1.82, 2.24) is 0 Å². The van der Waals surface area contributed by atoms with Crippen molar-refractivity contribution in [1.29, 1.82) is 0 Å². The number of esters is 1. The molecule has 0 heterocycles. The summed E-state index contributed by atoms with van der Waals surface area (Å²) in [6.45, 7) is 0. The molecule has 1 aromatic rings. The molecular weight excluding hydrogens is 249 g/mol. The van der Waals surface area contributed by atoms with Crippen LogP contribution in [0.3, 0.4) is 0 Å². The first-order valence-electron chi connectivity index (χ1n) is 3.97. The van der Waals surface area contributed by atoms with E-state index in [2.05, 4.69) is 9.47 Å². The van der Waals surface area contributed by atoms with Gasteiger partial charge in [0, 0.05) is 0 Å². The van der Waals surface area contributed by atoms with Crippen LogP contribution in [-0.4, -0.2) is 19.4 Å². The van der Waals surface area contributed by atoms with Gasteiger partial charge < -0.3 is 9.47 Å². The molecule has 7 heteroatoms. The molecule has 0 radical (unpaired) electrons. The van der Waals surface area contributed by atoms with Gasteiger partial charge in [0.2, 0.25) is 0 Å². The van der Waals surface area contributed by atoms with Crippen molar-refractivity contribution in [2.45, 2.75) is 6.36 Å². The lowest BCUT2D eigenvalue weighted by molar-refractivity contribution is -0.274. The van der Waals surface area contributed by atoms with Crippen molar-refractivity contribution in [2.75, 3.05) is 7.11 Å². The fourth-order valence-electron chi connectivity index (χ4n) is 1.01. The molecule has 0 unspecified atom stereocenters. The zero-order valence-corrected chi connectivity index (χ0v) is 8.72. The fraction of sp³-hybridized carbons (Fsp3) is 0.222. The number of rotatable bonds is 2. The van der Waals surface area contributed by atoms with Crippen LogP contribution in [0.5, 0.6) is 5.75 Å². The molecule has 0 amide bonds. The number of carbonyl (C=O) groups is 1. The largest absolute Gasteiger partial charge is 0.573 e. The van der Waals surface area contributed by atoms with Gasteiger partial charge in [0.05, 0.1) is 12.1 Å². The first-order chi connectivity index (χ1) is 7.35. The highest BCUT2D eigenvalue weighted by Crippen LogP contribution is 2.31. The molecular formula is C9H6ClF3O3. The predicted octanol–water partition coefficient (Wildman–Crippen LogP) is 3.03. The predicted molar refractivity (Wildman–Crippen MR) is 49.5 cm³/mol. The van der Waals surface area contributed by atoms with Crippen LogP contribution in [-0.2, 0) is 4.74 Å². The third-order valence-corrected chi connectivity index (χ3v) is 1.91. The number of methoxy groups -OCH3 is 1. The van der Waals surface area contributed by atoms with E-state index in [-0.39, 0.29) is 5.02 Å². The molecule has 0 atom stereocenters. The zero-order valence-electron chi connectivity index (χ0n) is 7.97. The molecule has 0 saturated heterocycles. The molecule has 1 aromatic carbocycles. The van der Waals surface area contributed by atoms with Gasteiger partial charge in [-0.25, -0.2) is 4.79 Å². The van der Waals surface area contributed by atoms with Gasteiger partial charge in [-0.05, 0) is 12.1 Å². The Kier molecular flexibility index (Phi) is 3.64. The molecule has 0 aliphatic rings. The molecule has 16 heavy (non-hydrogen) atoms. The average molecular weight is 255 g/mol. The Hall–Kier alpha value is -1.43. The van der Waals surface area contributed by atoms with E-state index >= 15 is 0 Å². The molecule has 0 bridgehead atoms. The van der Waals surface area contributed by atoms with Crippen molar-refractivity contribution in [3.63, 3.8) is 0 Å². The number of alkyl halides is 3. The Morgan fingerprint density at radius 2 is 2.00 bits per heavy atom. The number of hydrogen-bond donors (Lipinski definition) is 0. The zero-order chi connectivity index (χ0) is 12.3. The highest BCUT2D eigenvalue weighted by Gasteiger charge is 2.33. The highest BCUT2D eigenvalue weighted by atomic mass is 35.5. The summed E-state index contributed by atoms with van der Waals surface area (Å²) in [7, 11) is 1.03. The molecule has 3 nitrogen and oxygen atoms in total. The lowest BCUT2D eigenvalue weighted by Gasteiger charge is -2.12. The van der Waals surface area contributed by atoms with E-state index in [1.54, 1.807) is 0 Å². The van der Waals surface area contributed by atoms with Crippen molar-refractivity contribution >= 4 is 17.6 Å². The van der Waals surface area contributed by atoms with Gasteiger partial charge in [-0.15, -0.1) is 13.2 Å². The van der Waals surface area contributed by atoms with E-state index in [4.69, 9.17) is 11.6 Å². The molecule has 0 fully saturated rings. The third kappa shape index (κ3) is 3.03. The second-order valence-electron chi connectivity index (χ2n) is 2.65. The summed E-state index contributed by atoms with van der Waals surface area (Å²) >= 11 is 5.58. The smallest absolute Gasteiger partial charge is 0.465 e. The fourth-order valence-corrected chi connectivity index (χ4v) is 1.26. The van der Waals surface area contributed by atoms with E-state index in [1.807, 2.05) is 0 Å². The number of ether oxygens (including phenoxy) is 2. The SMILES string of the molecule is COC(=O)c1c(Cl)cccc1OC(F)(F)F. The Morgan fingerprint density at radius 3 is 2.50 bits per heavy atom. The van der Waals surface area contributed by atoms with Gasteiger partial charge in [0.25, 0.3) is 0 Å².